The van der Waals surface area contributed by atoms with E-state index in [0.29, 0.717) is 12.2 Å². The van der Waals surface area contributed by atoms with E-state index in [9.17, 15) is 9.59 Å². The third-order valence-electron chi connectivity index (χ3n) is 5.00. The Hall–Kier alpha value is -4.02. The van der Waals surface area contributed by atoms with Crippen LogP contribution in [0.5, 0.6) is 0 Å². The van der Waals surface area contributed by atoms with Gasteiger partial charge in [-0.05, 0) is 41.8 Å². The highest BCUT2D eigenvalue weighted by Gasteiger charge is 2.47. The summed E-state index contributed by atoms with van der Waals surface area (Å²) in [5.74, 6) is 5.40. The van der Waals surface area contributed by atoms with E-state index in [1.54, 1.807) is 17.2 Å². The van der Waals surface area contributed by atoms with Crippen molar-refractivity contribution in [2.45, 2.75) is 18.6 Å². The van der Waals surface area contributed by atoms with Crippen molar-refractivity contribution in [1.82, 2.24) is 10.3 Å². The predicted molar refractivity (Wildman–Crippen MR) is 108 cm³/mol. The number of aromatic nitrogens is 1. The van der Waals surface area contributed by atoms with E-state index in [1.165, 1.54) is 13.4 Å². The highest BCUT2D eigenvalue weighted by Crippen LogP contribution is 2.40. The molecule has 2 aliphatic heterocycles. The molecule has 2 atom stereocenters. The zero-order valence-electron chi connectivity index (χ0n) is 16.1. The molecule has 1 aromatic heterocycles. The number of fused-ring (bicyclic) bond motifs is 3. The minimum absolute atomic E-state index is 0.175. The van der Waals surface area contributed by atoms with E-state index in [0.717, 1.165) is 22.4 Å². The number of aliphatic imine (C=N–C) groups is 1. The first-order valence-corrected chi connectivity index (χ1v) is 9.14. The van der Waals surface area contributed by atoms with Gasteiger partial charge in [0, 0.05) is 11.8 Å². The van der Waals surface area contributed by atoms with Gasteiger partial charge in [0.1, 0.15) is 12.4 Å². The maximum absolute atomic E-state index is 12.4. The topological polar surface area (TPSA) is 144 Å². The lowest BCUT2D eigenvalue weighted by molar-refractivity contribution is 0.123. The summed E-state index contributed by atoms with van der Waals surface area (Å²) in [7, 11) is 1.29. The highest BCUT2D eigenvalue weighted by atomic mass is 16.6. The zero-order valence-corrected chi connectivity index (χ0v) is 16.1. The van der Waals surface area contributed by atoms with Gasteiger partial charge in [-0.2, -0.15) is 0 Å². The third kappa shape index (κ3) is 3.64. The number of cyclic esters (lactones) is 1. The first-order valence-electron chi connectivity index (χ1n) is 9.14. The number of nitrogens with zero attached hydrogens (tertiary/aromatic N) is 5. The monoisotopic (exact) mass is 409 g/mol. The van der Waals surface area contributed by atoms with Crippen molar-refractivity contribution in [3.8, 4) is 11.1 Å². The Morgan fingerprint density at radius 1 is 1.40 bits per heavy atom. The van der Waals surface area contributed by atoms with Crippen molar-refractivity contribution in [3.05, 3.63) is 42.1 Å². The molecule has 0 unspecified atom stereocenters. The molecule has 2 amide bonds. The van der Waals surface area contributed by atoms with E-state index in [-0.39, 0.29) is 12.6 Å². The second-order valence-electron chi connectivity index (χ2n) is 6.66. The molecule has 11 heteroatoms. The van der Waals surface area contributed by atoms with Gasteiger partial charge < -0.3 is 20.6 Å². The maximum atomic E-state index is 12.4. The summed E-state index contributed by atoms with van der Waals surface area (Å²) in [4.78, 5) is 33.6. The summed E-state index contributed by atoms with van der Waals surface area (Å²) in [6, 6.07) is 9.34. The average molecular weight is 409 g/mol. The van der Waals surface area contributed by atoms with Crippen LogP contribution in [0.1, 0.15) is 5.56 Å². The quantitative estimate of drug-likeness (QED) is 0.255. The lowest BCUT2D eigenvalue weighted by Crippen LogP contribution is -2.40. The number of rotatable bonds is 5. The maximum Gasteiger partial charge on any atom is 0.415 e. The van der Waals surface area contributed by atoms with Crippen LogP contribution in [0.4, 0.5) is 21.1 Å². The van der Waals surface area contributed by atoms with E-state index in [2.05, 4.69) is 30.4 Å². The van der Waals surface area contributed by atoms with Crippen molar-refractivity contribution in [1.29, 1.82) is 0 Å². The molecule has 0 aliphatic carbocycles. The molecule has 1 saturated heterocycles. The molecule has 3 N–H and O–H groups in total. The van der Waals surface area contributed by atoms with E-state index < -0.39 is 18.3 Å². The van der Waals surface area contributed by atoms with Gasteiger partial charge >= 0.3 is 12.2 Å². The van der Waals surface area contributed by atoms with Crippen LogP contribution in [-0.4, -0.2) is 49.3 Å². The van der Waals surface area contributed by atoms with Crippen LogP contribution in [-0.2, 0) is 15.9 Å². The summed E-state index contributed by atoms with van der Waals surface area (Å²) >= 11 is 0. The van der Waals surface area contributed by atoms with Crippen molar-refractivity contribution in [2.24, 2.45) is 21.2 Å². The van der Waals surface area contributed by atoms with Gasteiger partial charge in [0.25, 0.3) is 0 Å². The molecule has 154 valence electrons. The summed E-state index contributed by atoms with van der Waals surface area (Å²) in [6.07, 6.45) is 2.13. The number of hydrogen-bond acceptors (Lipinski definition) is 7. The average Bonchev–Trinajstić information content (AvgIpc) is 3.29. The number of hydrogen-bond donors (Lipinski definition) is 2. The molecule has 2 aliphatic rings. The van der Waals surface area contributed by atoms with Gasteiger partial charge in [-0.3, -0.25) is 4.90 Å². The fourth-order valence-corrected chi connectivity index (χ4v) is 3.64. The molecular formula is C19H19N7O4. The van der Waals surface area contributed by atoms with Crippen LogP contribution in [0, 0.1) is 0 Å². The van der Waals surface area contributed by atoms with Crippen LogP contribution in [0.25, 0.3) is 11.1 Å². The fraction of sp³-hybridized carbons (Fsp3) is 0.263. The summed E-state index contributed by atoms with van der Waals surface area (Å²) in [6.45, 7) is 0.191. The minimum atomic E-state index is -0.561. The molecular weight excluding hydrogens is 390 g/mol. The number of nitrogens with two attached hydrogens (primary N) is 1. The Balaban J connectivity index is 1.52. The van der Waals surface area contributed by atoms with Crippen molar-refractivity contribution < 1.29 is 19.1 Å². The Kier molecular flexibility index (Phi) is 5.24. The number of amides is 2. The molecule has 0 saturated carbocycles. The Bertz CT molecular complexity index is 1020. The van der Waals surface area contributed by atoms with Crippen LogP contribution < -0.4 is 16.1 Å². The third-order valence-corrected chi connectivity index (χ3v) is 5.00. The van der Waals surface area contributed by atoms with Gasteiger partial charge in [0.05, 0.1) is 25.4 Å². The number of ether oxygens (including phenoxy) is 2. The van der Waals surface area contributed by atoms with Gasteiger partial charge in [0.2, 0.25) is 0 Å². The minimum Gasteiger partial charge on any atom is -0.453 e. The molecule has 1 aromatic carbocycles. The summed E-state index contributed by atoms with van der Waals surface area (Å²) in [5, 5.41) is 9.14. The summed E-state index contributed by atoms with van der Waals surface area (Å²) in [5.41, 5.74) is 3.73. The predicted octanol–water partition coefficient (Wildman–Crippen LogP) is 2.34. The Morgan fingerprint density at radius 2 is 2.23 bits per heavy atom. The largest absolute Gasteiger partial charge is 0.453 e. The van der Waals surface area contributed by atoms with Crippen LogP contribution in [0.2, 0.25) is 0 Å². The summed E-state index contributed by atoms with van der Waals surface area (Å²) < 4.78 is 10.00. The van der Waals surface area contributed by atoms with E-state index in [1.807, 2.05) is 24.3 Å². The first-order chi connectivity index (χ1) is 14.6. The lowest BCUT2D eigenvalue weighted by atomic mass is 10.0. The number of nitrogens with one attached hydrogen (secondary N) is 1. The van der Waals surface area contributed by atoms with Gasteiger partial charge in [-0.15, -0.1) is 5.11 Å². The zero-order chi connectivity index (χ0) is 21.1. The number of benzene rings is 1. The van der Waals surface area contributed by atoms with Crippen LogP contribution in [0.15, 0.2) is 51.9 Å². The number of anilines is 1. The second kappa shape index (κ2) is 8.15. The normalized spacial score (nSPS) is 19.8. The number of carbonyl (C=O) groups excluding carboxylic acids is 2. The molecule has 2 aromatic rings. The Morgan fingerprint density at radius 3 is 2.97 bits per heavy atom. The number of methoxy groups -OCH3 is 1. The number of carbonyl (C=O) groups is 2. The van der Waals surface area contributed by atoms with Crippen molar-refractivity contribution in [3.63, 3.8) is 0 Å². The lowest BCUT2D eigenvalue weighted by Gasteiger charge is -2.16. The van der Waals surface area contributed by atoms with E-state index >= 15 is 0 Å². The number of alkyl carbamates (subject to hydrolysis) is 1. The van der Waals surface area contributed by atoms with Crippen molar-refractivity contribution in [2.75, 3.05) is 18.6 Å². The molecule has 0 radical (unpaired) electrons. The van der Waals surface area contributed by atoms with Crippen molar-refractivity contribution >= 4 is 30.0 Å². The van der Waals surface area contributed by atoms with Crippen LogP contribution >= 0.6 is 0 Å². The highest BCUT2D eigenvalue weighted by molar-refractivity contribution is 5.94. The van der Waals surface area contributed by atoms with E-state index in [4.69, 9.17) is 10.6 Å². The Labute approximate surface area is 171 Å². The van der Waals surface area contributed by atoms with Gasteiger partial charge in [-0.1, -0.05) is 11.3 Å². The molecule has 11 nitrogen and oxygen atoms in total. The molecule has 4 rings (SSSR count). The second-order valence-corrected chi connectivity index (χ2v) is 6.66. The number of pyridine rings is 1. The fourth-order valence-electron chi connectivity index (χ4n) is 3.64. The molecule has 0 spiro atoms. The van der Waals surface area contributed by atoms with Gasteiger partial charge in [-0.25, -0.2) is 19.6 Å². The first kappa shape index (κ1) is 19.3. The molecule has 1 fully saturated rings. The van der Waals surface area contributed by atoms with Gasteiger partial charge in [0.15, 0.2) is 5.82 Å². The SMILES string of the molecule is COC(=O)NC[C@@H]1OC(=O)N2c3ccc(-c4ccc(N=CN=NN)nc4)cc3C[C@@H]12. The van der Waals surface area contributed by atoms with Crippen LogP contribution in [0.3, 0.4) is 0 Å². The standard InChI is InChI=1S/C19H19N7O4/c1-29-18(27)22-9-16-15-7-13-6-11(2-4-14(13)26(15)19(28)30-16)12-3-5-17(21-8-12)23-10-24-25-20/h2-6,8,10,15-16H,7,9H2,1H3,(H,22,27)(H2,20,21,23,24)/t15-,16-/m0/s1. The molecule has 0 bridgehead atoms. The smallest absolute Gasteiger partial charge is 0.415 e. The molecule has 3 heterocycles. The molecule has 30 heavy (non-hydrogen) atoms.